The van der Waals surface area contributed by atoms with Crippen LogP contribution in [0.3, 0.4) is 0 Å². The summed E-state index contributed by atoms with van der Waals surface area (Å²) >= 11 is 2.25. The predicted molar refractivity (Wildman–Crippen MR) is 111 cm³/mol. The number of carbonyl (C=O) groups excluding carboxylic acids is 1. The van der Waals surface area contributed by atoms with Crippen molar-refractivity contribution in [1.82, 2.24) is 0 Å². The third-order valence-corrected chi connectivity index (χ3v) is 6.89. The molecule has 148 valence electrons. The van der Waals surface area contributed by atoms with Gasteiger partial charge in [0.1, 0.15) is 0 Å². The van der Waals surface area contributed by atoms with E-state index in [-0.39, 0.29) is 5.97 Å². The molecule has 0 bridgehead atoms. The van der Waals surface area contributed by atoms with Crippen LogP contribution < -0.4 is 0 Å². The number of methoxy groups -OCH3 is 1. The molecule has 0 aromatic rings. The Bertz CT molecular complexity index is 319. The van der Waals surface area contributed by atoms with Crippen LogP contribution in [-0.2, 0) is 9.53 Å². The number of ether oxygens (including phenoxy) is 1. The lowest BCUT2D eigenvalue weighted by atomic mass is 10.0. The summed E-state index contributed by atoms with van der Waals surface area (Å²) in [5.41, 5.74) is 0. The van der Waals surface area contributed by atoms with Crippen molar-refractivity contribution in [3.8, 4) is 0 Å². The highest BCUT2D eigenvalue weighted by atomic mass is 32.2. The maximum Gasteiger partial charge on any atom is 0.305 e. The van der Waals surface area contributed by atoms with E-state index in [1.165, 1.54) is 103 Å². The molecule has 1 heterocycles. The third kappa shape index (κ3) is 13.7. The molecule has 2 nitrogen and oxygen atoms in total. The number of esters is 1. The molecular weight excluding hydrogens is 328 g/mol. The normalized spacial score (nSPS) is 19.1. The quantitative estimate of drug-likeness (QED) is 0.144. The van der Waals surface area contributed by atoms with Gasteiger partial charge in [-0.05, 0) is 19.3 Å². The van der Waals surface area contributed by atoms with E-state index in [0.29, 0.717) is 6.42 Å². The highest BCUT2D eigenvalue weighted by Gasteiger charge is 2.36. The Kier molecular flexibility index (Phi) is 14.7. The molecule has 3 heteroatoms. The third-order valence-electron chi connectivity index (χ3n) is 5.38. The van der Waals surface area contributed by atoms with Gasteiger partial charge in [0.2, 0.25) is 0 Å². The van der Waals surface area contributed by atoms with E-state index in [1.54, 1.807) is 0 Å². The van der Waals surface area contributed by atoms with E-state index in [0.717, 1.165) is 16.9 Å². The van der Waals surface area contributed by atoms with Gasteiger partial charge in [-0.1, -0.05) is 90.4 Å². The number of thioether (sulfide) groups is 1. The number of hydrogen-bond acceptors (Lipinski definition) is 3. The first-order valence-corrected chi connectivity index (χ1v) is 11.9. The van der Waals surface area contributed by atoms with Crippen LogP contribution in [0.1, 0.15) is 116 Å². The van der Waals surface area contributed by atoms with Crippen molar-refractivity contribution in [1.29, 1.82) is 0 Å². The van der Waals surface area contributed by atoms with Crippen molar-refractivity contribution in [2.24, 2.45) is 0 Å². The molecule has 0 saturated carbocycles. The maximum absolute atomic E-state index is 11.0. The van der Waals surface area contributed by atoms with Crippen molar-refractivity contribution >= 4 is 17.7 Å². The van der Waals surface area contributed by atoms with Crippen molar-refractivity contribution in [3.05, 3.63) is 0 Å². The molecule has 25 heavy (non-hydrogen) atoms. The smallest absolute Gasteiger partial charge is 0.305 e. The topological polar surface area (TPSA) is 26.3 Å². The lowest BCUT2D eigenvalue weighted by Crippen LogP contribution is -1.99. The summed E-state index contributed by atoms with van der Waals surface area (Å²) in [6, 6.07) is 0. The highest BCUT2D eigenvalue weighted by molar-refractivity contribution is 8.07. The van der Waals surface area contributed by atoms with Gasteiger partial charge >= 0.3 is 5.97 Å². The van der Waals surface area contributed by atoms with Crippen LogP contribution in [-0.4, -0.2) is 23.6 Å². The Balaban J connectivity index is 1.71. The number of carbonyl (C=O) groups is 1. The van der Waals surface area contributed by atoms with Crippen LogP contribution in [0, 0.1) is 0 Å². The van der Waals surface area contributed by atoms with Gasteiger partial charge < -0.3 is 4.74 Å². The molecule has 0 radical (unpaired) electrons. The van der Waals surface area contributed by atoms with Crippen LogP contribution in [0.15, 0.2) is 0 Å². The standard InChI is InChI=1S/C22H42O2S/c1-3-4-5-14-17-20-21(25-20)18-15-12-10-8-6-7-9-11-13-16-19-22(23)24-2/h20-21H,3-19H2,1-2H3. The zero-order valence-electron chi connectivity index (χ0n) is 16.9. The molecular formula is C22H42O2S. The van der Waals surface area contributed by atoms with Gasteiger partial charge in [-0.25, -0.2) is 0 Å². The Morgan fingerprint density at radius 3 is 1.64 bits per heavy atom. The molecule has 0 aromatic heterocycles. The average Bonchev–Trinajstić information content (AvgIpc) is 3.37. The van der Waals surface area contributed by atoms with E-state index in [4.69, 9.17) is 0 Å². The first-order valence-electron chi connectivity index (χ1n) is 11.0. The molecule has 0 aliphatic carbocycles. The fourth-order valence-electron chi connectivity index (χ4n) is 3.59. The minimum absolute atomic E-state index is 0.0626. The van der Waals surface area contributed by atoms with Crippen molar-refractivity contribution in [3.63, 3.8) is 0 Å². The minimum atomic E-state index is -0.0626. The summed E-state index contributed by atoms with van der Waals surface area (Å²) < 4.78 is 4.65. The zero-order chi connectivity index (χ0) is 18.2. The van der Waals surface area contributed by atoms with Gasteiger partial charge in [0.15, 0.2) is 0 Å². The Morgan fingerprint density at radius 1 is 0.720 bits per heavy atom. The lowest BCUT2D eigenvalue weighted by Gasteiger charge is -2.03. The lowest BCUT2D eigenvalue weighted by molar-refractivity contribution is -0.140. The predicted octanol–water partition coefficient (Wildman–Crippen LogP) is 7.30. The summed E-state index contributed by atoms with van der Waals surface area (Å²) in [4.78, 5) is 11.0. The molecule has 0 aromatic carbocycles. The van der Waals surface area contributed by atoms with Crippen molar-refractivity contribution in [2.75, 3.05) is 7.11 Å². The maximum atomic E-state index is 11.0. The highest BCUT2D eigenvalue weighted by Crippen LogP contribution is 2.47. The monoisotopic (exact) mass is 370 g/mol. The second-order valence-electron chi connectivity index (χ2n) is 7.71. The summed E-state index contributed by atoms with van der Waals surface area (Å²) in [7, 11) is 1.47. The largest absolute Gasteiger partial charge is 0.469 e. The molecule has 2 unspecified atom stereocenters. The molecule has 0 amide bonds. The second kappa shape index (κ2) is 16.0. The van der Waals surface area contributed by atoms with Gasteiger partial charge in [-0.2, -0.15) is 11.8 Å². The van der Waals surface area contributed by atoms with Gasteiger partial charge in [-0.15, -0.1) is 0 Å². The van der Waals surface area contributed by atoms with Gasteiger partial charge in [0, 0.05) is 16.9 Å². The average molecular weight is 371 g/mol. The first kappa shape index (κ1) is 22.9. The van der Waals surface area contributed by atoms with Gasteiger partial charge in [-0.3, -0.25) is 4.79 Å². The number of unbranched alkanes of at least 4 members (excludes halogenated alkanes) is 12. The van der Waals surface area contributed by atoms with Crippen molar-refractivity contribution in [2.45, 2.75) is 127 Å². The zero-order valence-corrected chi connectivity index (χ0v) is 17.7. The molecule has 1 fully saturated rings. The first-order chi connectivity index (χ1) is 12.3. The van der Waals surface area contributed by atoms with Crippen LogP contribution >= 0.6 is 11.8 Å². The van der Waals surface area contributed by atoms with Crippen LogP contribution in [0.2, 0.25) is 0 Å². The van der Waals surface area contributed by atoms with E-state index in [2.05, 4.69) is 23.4 Å². The van der Waals surface area contributed by atoms with Crippen LogP contribution in [0.5, 0.6) is 0 Å². The number of rotatable bonds is 18. The molecule has 0 spiro atoms. The van der Waals surface area contributed by atoms with Crippen LogP contribution in [0.25, 0.3) is 0 Å². The van der Waals surface area contributed by atoms with Gasteiger partial charge in [0.25, 0.3) is 0 Å². The molecule has 1 aliphatic rings. The Labute approximate surface area is 161 Å². The van der Waals surface area contributed by atoms with E-state index in [9.17, 15) is 4.79 Å². The van der Waals surface area contributed by atoms with E-state index >= 15 is 0 Å². The molecule has 1 aliphatic heterocycles. The minimum Gasteiger partial charge on any atom is -0.469 e. The summed E-state index contributed by atoms with van der Waals surface area (Å²) in [6.45, 7) is 2.29. The van der Waals surface area contributed by atoms with E-state index in [1.807, 2.05) is 0 Å². The van der Waals surface area contributed by atoms with Crippen molar-refractivity contribution < 1.29 is 9.53 Å². The Morgan fingerprint density at radius 2 is 1.16 bits per heavy atom. The molecule has 0 N–H and O–H groups in total. The summed E-state index contributed by atoms with van der Waals surface area (Å²) in [6.07, 6.45) is 22.5. The fourth-order valence-corrected chi connectivity index (χ4v) is 4.83. The van der Waals surface area contributed by atoms with Crippen LogP contribution in [0.4, 0.5) is 0 Å². The van der Waals surface area contributed by atoms with Gasteiger partial charge in [0.05, 0.1) is 7.11 Å². The summed E-state index contributed by atoms with van der Waals surface area (Å²) in [5, 5.41) is 2.04. The Hall–Kier alpha value is -0.180. The summed E-state index contributed by atoms with van der Waals surface area (Å²) in [5.74, 6) is -0.0626. The fraction of sp³-hybridized carbons (Fsp3) is 0.955. The number of hydrogen-bond donors (Lipinski definition) is 0. The molecule has 2 atom stereocenters. The molecule has 1 saturated heterocycles. The molecule has 1 rings (SSSR count). The van der Waals surface area contributed by atoms with E-state index < -0.39 is 0 Å². The SMILES string of the molecule is CCCCCCC1SC1CCCCCCCCCCCCC(=O)OC. The second-order valence-corrected chi connectivity index (χ2v) is 9.20.